The third-order valence-corrected chi connectivity index (χ3v) is 3.30. The normalized spacial score (nSPS) is 14.8. The Kier molecular flexibility index (Phi) is 3.29. The minimum absolute atomic E-state index is 0.297. The highest BCUT2D eigenvalue weighted by Gasteiger charge is 2.20. The molecule has 1 aromatic carbocycles. The van der Waals surface area contributed by atoms with Crippen LogP contribution in [0.4, 0.5) is 8.78 Å². The molecule has 5 heteroatoms. The number of imidazole rings is 1. The highest BCUT2D eigenvalue weighted by atomic mass is 19.1. The van der Waals surface area contributed by atoms with E-state index in [1.165, 1.54) is 18.9 Å². The zero-order valence-corrected chi connectivity index (χ0v) is 10.4. The lowest BCUT2D eigenvalue weighted by atomic mass is 10.2. The van der Waals surface area contributed by atoms with Crippen LogP contribution in [0.15, 0.2) is 30.7 Å². The first-order valence-electron chi connectivity index (χ1n) is 6.38. The van der Waals surface area contributed by atoms with Gasteiger partial charge in [0.05, 0.1) is 18.6 Å². The maximum absolute atomic E-state index is 13.6. The van der Waals surface area contributed by atoms with Crippen molar-refractivity contribution < 1.29 is 8.78 Å². The molecule has 1 aromatic heterocycles. The number of rotatable bonds is 5. The molecule has 1 aliphatic rings. The Morgan fingerprint density at radius 1 is 1.32 bits per heavy atom. The van der Waals surface area contributed by atoms with E-state index in [9.17, 15) is 8.78 Å². The summed E-state index contributed by atoms with van der Waals surface area (Å²) in [5, 5.41) is 3.38. The average molecular weight is 263 g/mol. The van der Waals surface area contributed by atoms with Crippen molar-refractivity contribution in [1.29, 1.82) is 0 Å². The number of hydrogen-bond donors (Lipinski definition) is 1. The van der Waals surface area contributed by atoms with Gasteiger partial charge in [-0.05, 0) is 31.0 Å². The van der Waals surface area contributed by atoms with E-state index in [0.717, 1.165) is 17.8 Å². The number of nitrogens with one attached hydrogen (secondary N) is 1. The highest BCUT2D eigenvalue weighted by Crippen LogP contribution is 2.19. The standard InChI is InChI=1S/C14H15F2N3/c15-11-1-4-14(16)10(5-11)8-19-9-17-6-13(19)7-18-12-2-3-12/h1,4-6,9,12,18H,2-3,7-8H2. The largest absolute Gasteiger partial charge is 0.329 e. The van der Waals surface area contributed by atoms with Gasteiger partial charge in [-0.1, -0.05) is 0 Å². The first-order chi connectivity index (χ1) is 9.22. The number of aromatic nitrogens is 2. The topological polar surface area (TPSA) is 29.9 Å². The van der Waals surface area contributed by atoms with E-state index in [2.05, 4.69) is 10.3 Å². The summed E-state index contributed by atoms with van der Waals surface area (Å²) in [5.74, 6) is -0.814. The Morgan fingerprint density at radius 2 is 2.16 bits per heavy atom. The molecule has 19 heavy (non-hydrogen) atoms. The van der Waals surface area contributed by atoms with Gasteiger partial charge in [0.25, 0.3) is 0 Å². The SMILES string of the molecule is Fc1ccc(F)c(Cn2cncc2CNC2CC2)c1. The maximum Gasteiger partial charge on any atom is 0.128 e. The van der Waals surface area contributed by atoms with Gasteiger partial charge in [0.1, 0.15) is 11.6 Å². The molecular weight excluding hydrogens is 248 g/mol. The average Bonchev–Trinajstić information content (AvgIpc) is 3.12. The molecule has 0 bridgehead atoms. The van der Waals surface area contributed by atoms with E-state index >= 15 is 0 Å². The molecule has 2 aromatic rings. The molecular formula is C14H15F2N3. The first kappa shape index (κ1) is 12.3. The molecule has 0 radical (unpaired) electrons. The fraction of sp³-hybridized carbons (Fsp3) is 0.357. The molecule has 0 spiro atoms. The van der Waals surface area contributed by atoms with Crippen LogP contribution in [0.1, 0.15) is 24.1 Å². The molecule has 1 fully saturated rings. The van der Waals surface area contributed by atoms with Crippen LogP contribution in [-0.4, -0.2) is 15.6 Å². The van der Waals surface area contributed by atoms with Crippen LogP contribution in [0.5, 0.6) is 0 Å². The third-order valence-electron chi connectivity index (χ3n) is 3.30. The second kappa shape index (κ2) is 5.09. The van der Waals surface area contributed by atoms with Crippen molar-refractivity contribution >= 4 is 0 Å². The summed E-state index contributed by atoms with van der Waals surface area (Å²) in [6.07, 6.45) is 5.83. The fourth-order valence-corrected chi connectivity index (χ4v) is 2.02. The zero-order chi connectivity index (χ0) is 13.2. The van der Waals surface area contributed by atoms with Crippen molar-refractivity contribution in [2.45, 2.75) is 32.0 Å². The minimum Gasteiger partial charge on any atom is -0.329 e. The lowest BCUT2D eigenvalue weighted by Gasteiger charge is -2.09. The van der Waals surface area contributed by atoms with Crippen molar-refractivity contribution in [2.75, 3.05) is 0 Å². The highest BCUT2D eigenvalue weighted by molar-refractivity contribution is 5.20. The van der Waals surface area contributed by atoms with Gasteiger partial charge in [0, 0.05) is 24.3 Å². The second-order valence-electron chi connectivity index (χ2n) is 4.90. The monoisotopic (exact) mass is 263 g/mol. The van der Waals surface area contributed by atoms with Gasteiger partial charge in [-0.2, -0.15) is 0 Å². The molecule has 0 unspecified atom stereocenters. The van der Waals surface area contributed by atoms with Gasteiger partial charge in [-0.15, -0.1) is 0 Å². The van der Waals surface area contributed by atoms with Gasteiger partial charge < -0.3 is 9.88 Å². The Bertz CT molecular complexity index is 576. The molecule has 1 aliphatic carbocycles. The Hall–Kier alpha value is -1.75. The lowest BCUT2D eigenvalue weighted by molar-refractivity contribution is 0.569. The summed E-state index contributed by atoms with van der Waals surface area (Å²) in [4.78, 5) is 4.08. The Balaban J connectivity index is 1.74. The van der Waals surface area contributed by atoms with Crippen molar-refractivity contribution in [1.82, 2.24) is 14.9 Å². The summed E-state index contributed by atoms with van der Waals surface area (Å²) in [6.45, 7) is 1.01. The predicted molar refractivity (Wildman–Crippen MR) is 67.5 cm³/mol. The minimum atomic E-state index is -0.422. The van der Waals surface area contributed by atoms with Crippen LogP contribution < -0.4 is 5.32 Å². The van der Waals surface area contributed by atoms with E-state index in [4.69, 9.17) is 0 Å². The summed E-state index contributed by atoms with van der Waals surface area (Å²) >= 11 is 0. The third kappa shape index (κ3) is 2.98. The molecule has 0 amide bonds. The molecule has 1 heterocycles. The van der Waals surface area contributed by atoms with Crippen LogP contribution in [0.25, 0.3) is 0 Å². The van der Waals surface area contributed by atoms with Gasteiger partial charge in [-0.3, -0.25) is 0 Å². The molecule has 100 valence electrons. The molecule has 0 aliphatic heterocycles. The van der Waals surface area contributed by atoms with Crippen LogP contribution in [0.3, 0.4) is 0 Å². The van der Waals surface area contributed by atoms with Gasteiger partial charge in [0.2, 0.25) is 0 Å². The second-order valence-corrected chi connectivity index (χ2v) is 4.90. The predicted octanol–water partition coefficient (Wildman–Crippen LogP) is 2.46. The van der Waals surface area contributed by atoms with Crippen LogP contribution in [-0.2, 0) is 13.1 Å². The van der Waals surface area contributed by atoms with Crippen molar-refractivity contribution in [2.24, 2.45) is 0 Å². The van der Waals surface area contributed by atoms with Crippen LogP contribution in [0.2, 0.25) is 0 Å². The number of benzene rings is 1. The number of hydrogen-bond acceptors (Lipinski definition) is 2. The van der Waals surface area contributed by atoms with Crippen LogP contribution in [0, 0.1) is 11.6 Å². The Labute approximate surface area is 110 Å². The summed E-state index contributed by atoms with van der Waals surface area (Å²) in [5.41, 5.74) is 1.32. The molecule has 1 saturated carbocycles. The molecule has 0 atom stereocenters. The van der Waals surface area contributed by atoms with Crippen LogP contribution >= 0.6 is 0 Å². The Morgan fingerprint density at radius 3 is 2.95 bits per heavy atom. The lowest BCUT2D eigenvalue weighted by Crippen LogP contribution is -2.18. The molecule has 1 N–H and O–H groups in total. The smallest absolute Gasteiger partial charge is 0.128 e. The maximum atomic E-state index is 13.6. The molecule has 3 nitrogen and oxygen atoms in total. The van der Waals surface area contributed by atoms with E-state index in [0.29, 0.717) is 24.7 Å². The summed E-state index contributed by atoms with van der Waals surface area (Å²) < 4.78 is 28.6. The first-order valence-corrected chi connectivity index (χ1v) is 6.38. The zero-order valence-electron chi connectivity index (χ0n) is 10.4. The van der Waals surface area contributed by atoms with E-state index < -0.39 is 11.6 Å². The van der Waals surface area contributed by atoms with Crippen molar-refractivity contribution in [3.8, 4) is 0 Å². The van der Waals surface area contributed by atoms with E-state index in [-0.39, 0.29) is 0 Å². The van der Waals surface area contributed by atoms with E-state index in [1.807, 2.05) is 4.57 Å². The molecule has 3 rings (SSSR count). The van der Waals surface area contributed by atoms with Gasteiger partial charge in [0.15, 0.2) is 0 Å². The number of halogens is 2. The fourth-order valence-electron chi connectivity index (χ4n) is 2.02. The quantitative estimate of drug-likeness (QED) is 0.898. The number of nitrogens with zero attached hydrogens (tertiary/aromatic N) is 2. The van der Waals surface area contributed by atoms with Gasteiger partial charge >= 0.3 is 0 Å². The summed E-state index contributed by atoms with van der Waals surface area (Å²) in [6, 6.07) is 4.12. The van der Waals surface area contributed by atoms with Gasteiger partial charge in [-0.25, -0.2) is 13.8 Å². The van der Waals surface area contributed by atoms with E-state index in [1.54, 1.807) is 12.5 Å². The molecule has 0 saturated heterocycles. The summed E-state index contributed by atoms with van der Waals surface area (Å²) in [7, 11) is 0. The van der Waals surface area contributed by atoms with Crippen molar-refractivity contribution in [3.05, 3.63) is 53.6 Å². The van der Waals surface area contributed by atoms with Crippen molar-refractivity contribution in [3.63, 3.8) is 0 Å².